The minimum absolute atomic E-state index is 0.179. The van der Waals surface area contributed by atoms with Crippen LogP contribution in [-0.4, -0.2) is 17.1 Å². The first-order chi connectivity index (χ1) is 6.33. The number of hydrazone groups is 1. The molecule has 1 aromatic heterocycles. The maximum absolute atomic E-state index is 10.7. The molecule has 1 rings (SSSR count). The third-order valence-electron chi connectivity index (χ3n) is 1.25. The summed E-state index contributed by atoms with van der Waals surface area (Å²) in [6.07, 6.45) is 3.04. The zero-order valence-electron chi connectivity index (χ0n) is 6.82. The first-order valence-electron chi connectivity index (χ1n) is 3.65. The lowest BCUT2D eigenvalue weighted by Crippen LogP contribution is -2.16. The third kappa shape index (κ3) is 3.20. The zero-order chi connectivity index (χ0) is 9.52. The van der Waals surface area contributed by atoms with E-state index in [-0.39, 0.29) is 6.42 Å². The van der Waals surface area contributed by atoms with Gasteiger partial charge in [0.2, 0.25) is 0 Å². The summed E-state index contributed by atoms with van der Waals surface area (Å²) in [5.41, 5.74) is 3.00. The Kier molecular flexibility index (Phi) is 3.27. The molecule has 5 nitrogen and oxygen atoms in total. The number of carbonyl (C=O) groups excluding carboxylic acids is 1. The van der Waals surface area contributed by atoms with E-state index in [2.05, 4.69) is 15.5 Å². The monoisotopic (exact) mass is 176 g/mol. The molecule has 5 heteroatoms. The highest BCUT2D eigenvalue weighted by atomic mass is 16.2. The Hall–Kier alpha value is -2.09. The van der Waals surface area contributed by atoms with Gasteiger partial charge in [0, 0.05) is 6.20 Å². The maximum Gasteiger partial charge on any atom is 0.254 e. The van der Waals surface area contributed by atoms with E-state index in [0.717, 1.165) is 5.69 Å². The van der Waals surface area contributed by atoms with Crippen LogP contribution in [0.2, 0.25) is 0 Å². The van der Waals surface area contributed by atoms with Crippen molar-refractivity contribution in [3.05, 3.63) is 24.0 Å². The summed E-state index contributed by atoms with van der Waals surface area (Å²) in [6.45, 7) is 0. The van der Waals surface area contributed by atoms with Crippen LogP contribution in [0.15, 0.2) is 23.4 Å². The number of aromatic nitrogens is 1. The fourth-order valence-electron chi connectivity index (χ4n) is 0.710. The van der Waals surface area contributed by atoms with Crippen molar-refractivity contribution in [2.24, 2.45) is 5.10 Å². The largest absolute Gasteiger partial charge is 0.360 e. The maximum atomic E-state index is 10.7. The standard InChI is InChI=1S/C8H8N4O/c9-4-3-8(13)12-11-6-7-2-1-5-10-7/h1-2,5-6,10H,3H2,(H,12,13)/b11-6-. The molecule has 0 aliphatic carbocycles. The van der Waals surface area contributed by atoms with Crippen LogP contribution in [0.4, 0.5) is 0 Å². The van der Waals surface area contributed by atoms with Crippen LogP contribution >= 0.6 is 0 Å². The van der Waals surface area contributed by atoms with Crippen LogP contribution in [0.1, 0.15) is 12.1 Å². The summed E-state index contributed by atoms with van der Waals surface area (Å²) in [6, 6.07) is 5.34. The van der Waals surface area contributed by atoms with Gasteiger partial charge in [0.25, 0.3) is 5.91 Å². The molecule has 0 saturated carbocycles. The van der Waals surface area contributed by atoms with E-state index in [4.69, 9.17) is 5.26 Å². The second kappa shape index (κ2) is 4.72. The Bertz CT molecular complexity index is 334. The van der Waals surface area contributed by atoms with Crippen LogP contribution in [0, 0.1) is 11.3 Å². The van der Waals surface area contributed by atoms with Crippen molar-refractivity contribution < 1.29 is 4.79 Å². The molecular formula is C8H8N4O. The molecule has 2 N–H and O–H groups in total. The van der Waals surface area contributed by atoms with Crippen LogP contribution in [0.25, 0.3) is 0 Å². The molecule has 0 aliphatic heterocycles. The van der Waals surface area contributed by atoms with E-state index in [0.29, 0.717) is 0 Å². The number of hydrogen-bond donors (Lipinski definition) is 2. The number of nitrogens with zero attached hydrogens (tertiary/aromatic N) is 2. The van der Waals surface area contributed by atoms with Gasteiger partial charge in [-0.05, 0) is 12.1 Å². The number of nitriles is 1. The van der Waals surface area contributed by atoms with E-state index < -0.39 is 5.91 Å². The number of aromatic amines is 1. The average Bonchev–Trinajstić information content (AvgIpc) is 2.57. The quantitative estimate of drug-likeness (QED) is 0.515. The van der Waals surface area contributed by atoms with Gasteiger partial charge in [0.1, 0.15) is 6.42 Å². The van der Waals surface area contributed by atoms with Gasteiger partial charge >= 0.3 is 0 Å². The Morgan fingerprint density at radius 2 is 2.69 bits per heavy atom. The van der Waals surface area contributed by atoms with Crippen molar-refractivity contribution in [1.82, 2.24) is 10.4 Å². The Morgan fingerprint density at radius 1 is 1.85 bits per heavy atom. The van der Waals surface area contributed by atoms with Crippen molar-refractivity contribution in [3.8, 4) is 6.07 Å². The fraction of sp³-hybridized carbons (Fsp3) is 0.125. The second-order valence-electron chi connectivity index (χ2n) is 2.25. The van der Waals surface area contributed by atoms with Crippen molar-refractivity contribution in [2.75, 3.05) is 0 Å². The Balaban J connectivity index is 2.35. The minimum Gasteiger partial charge on any atom is -0.360 e. The summed E-state index contributed by atoms with van der Waals surface area (Å²) in [7, 11) is 0. The molecule has 1 amide bonds. The van der Waals surface area contributed by atoms with Gasteiger partial charge in [-0.1, -0.05) is 0 Å². The average molecular weight is 176 g/mol. The van der Waals surface area contributed by atoms with Crippen molar-refractivity contribution in [3.63, 3.8) is 0 Å². The summed E-state index contributed by atoms with van der Waals surface area (Å²) in [4.78, 5) is 13.6. The number of H-pyrrole nitrogens is 1. The van der Waals surface area contributed by atoms with Crippen LogP contribution in [0.5, 0.6) is 0 Å². The predicted octanol–water partition coefficient (Wildman–Crippen LogP) is 0.378. The van der Waals surface area contributed by atoms with Gasteiger partial charge in [-0.2, -0.15) is 10.4 Å². The molecule has 1 aromatic rings. The number of rotatable bonds is 3. The molecule has 0 fully saturated rings. The van der Waals surface area contributed by atoms with Gasteiger partial charge in [-0.25, -0.2) is 5.43 Å². The van der Waals surface area contributed by atoms with E-state index in [1.54, 1.807) is 18.3 Å². The number of amides is 1. The van der Waals surface area contributed by atoms with Crippen LogP contribution < -0.4 is 5.43 Å². The molecule has 0 bridgehead atoms. The Labute approximate surface area is 75.1 Å². The van der Waals surface area contributed by atoms with Gasteiger partial charge in [-0.15, -0.1) is 0 Å². The molecule has 66 valence electrons. The van der Waals surface area contributed by atoms with Crippen LogP contribution in [0.3, 0.4) is 0 Å². The van der Waals surface area contributed by atoms with Crippen molar-refractivity contribution in [1.29, 1.82) is 5.26 Å². The van der Waals surface area contributed by atoms with E-state index in [1.807, 2.05) is 6.07 Å². The smallest absolute Gasteiger partial charge is 0.254 e. The number of nitrogens with one attached hydrogen (secondary N) is 2. The predicted molar refractivity (Wildman–Crippen MR) is 46.8 cm³/mol. The highest BCUT2D eigenvalue weighted by Crippen LogP contribution is 1.88. The lowest BCUT2D eigenvalue weighted by atomic mass is 10.4. The molecule has 1 heterocycles. The fourth-order valence-corrected chi connectivity index (χ4v) is 0.710. The van der Waals surface area contributed by atoms with Gasteiger partial charge in [0.05, 0.1) is 18.0 Å². The molecule has 0 aromatic carbocycles. The number of hydrogen-bond acceptors (Lipinski definition) is 3. The number of carbonyl (C=O) groups is 1. The molecule has 0 radical (unpaired) electrons. The topological polar surface area (TPSA) is 81.0 Å². The molecule has 0 spiro atoms. The van der Waals surface area contributed by atoms with Gasteiger partial charge < -0.3 is 4.98 Å². The lowest BCUT2D eigenvalue weighted by molar-refractivity contribution is -0.120. The van der Waals surface area contributed by atoms with Crippen LogP contribution in [-0.2, 0) is 4.79 Å². The molecule has 0 atom stereocenters. The highest BCUT2D eigenvalue weighted by Gasteiger charge is 1.94. The minimum atomic E-state index is -0.412. The normalized spacial score (nSPS) is 9.77. The summed E-state index contributed by atoms with van der Waals surface area (Å²) in [5.74, 6) is -0.412. The van der Waals surface area contributed by atoms with Gasteiger partial charge in [-0.3, -0.25) is 4.79 Å². The molecule has 0 saturated heterocycles. The molecule has 0 aliphatic rings. The van der Waals surface area contributed by atoms with E-state index in [9.17, 15) is 4.79 Å². The van der Waals surface area contributed by atoms with E-state index >= 15 is 0 Å². The zero-order valence-corrected chi connectivity index (χ0v) is 6.82. The second-order valence-corrected chi connectivity index (χ2v) is 2.25. The third-order valence-corrected chi connectivity index (χ3v) is 1.25. The Morgan fingerprint density at radius 3 is 3.31 bits per heavy atom. The molecule has 0 unspecified atom stereocenters. The first kappa shape index (κ1) is 9.00. The molecular weight excluding hydrogens is 168 g/mol. The SMILES string of the molecule is N#CCC(=O)N/N=C\c1ccc[nH]1. The molecule has 13 heavy (non-hydrogen) atoms. The van der Waals surface area contributed by atoms with Crippen molar-refractivity contribution >= 4 is 12.1 Å². The van der Waals surface area contributed by atoms with E-state index in [1.165, 1.54) is 6.21 Å². The van der Waals surface area contributed by atoms with Crippen molar-refractivity contribution in [2.45, 2.75) is 6.42 Å². The summed E-state index contributed by atoms with van der Waals surface area (Å²) in [5, 5.41) is 11.8. The van der Waals surface area contributed by atoms with Gasteiger partial charge in [0.15, 0.2) is 0 Å². The summed E-state index contributed by atoms with van der Waals surface area (Å²) < 4.78 is 0. The summed E-state index contributed by atoms with van der Waals surface area (Å²) >= 11 is 0. The lowest BCUT2D eigenvalue weighted by Gasteiger charge is -1.91. The first-order valence-corrected chi connectivity index (χ1v) is 3.65. The highest BCUT2D eigenvalue weighted by molar-refractivity contribution is 5.81.